The molecular formula is C9H9N5O. The fourth-order valence-corrected chi connectivity index (χ4v) is 1.18. The van der Waals surface area contributed by atoms with Gasteiger partial charge in [0.25, 0.3) is 0 Å². The van der Waals surface area contributed by atoms with Crippen LogP contribution in [0.5, 0.6) is 0 Å². The Morgan fingerprint density at radius 2 is 2.27 bits per heavy atom. The van der Waals surface area contributed by atoms with Crippen LogP contribution in [-0.2, 0) is 7.05 Å². The Kier molecular flexibility index (Phi) is 2.17. The van der Waals surface area contributed by atoms with Crippen molar-refractivity contribution in [2.45, 2.75) is 0 Å². The minimum Gasteiger partial charge on any atom is -0.384 e. The summed E-state index contributed by atoms with van der Waals surface area (Å²) in [6.45, 7) is 0. The number of nitrogen functional groups attached to an aromatic ring is 1. The van der Waals surface area contributed by atoms with Crippen LogP contribution in [0.2, 0.25) is 0 Å². The van der Waals surface area contributed by atoms with Gasteiger partial charge < -0.3 is 10.3 Å². The van der Waals surface area contributed by atoms with E-state index in [-0.39, 0.29) is 17.3 Å². The van der Waals surface area contributed by atoms with E-state index in [1.54, 1.807) is 25.2 Å². The van der Waals surface area contributed by atoms with Crippen molar-refractivity contribution in [3.63, 3.8) is 0 Å². The quantitative estimate of drug-likeness (QED) is 0.695. The number of aromatic nitrogens is 4. The van der Waals surface area contributed by atoms with Crippen molar-refractivity contribution >= 4 is 11.6 Å². The molecule has 2 rings (SSSR count). The van der Waals surface area contributed by atoms with Crippen molar-refractivity contribution in [3.8, 4) is 0 Å². The molecule has 76 valence electrons. The van der Waals surface area contributed by atoms with E-state index in [0.717, 1.165) is 0 Å². The first kappa shape index (κ1) is 9.32. The molecule has 0 bridgehead atoms. The first-order chi connectivity index (χ1) is 7.18. The molecule has 6 nitrogen and oxygen atoms in total. The van der Waals surface area contributed by atoms with Crippen LogP contribution < -0.4 is 5.73 Å². The smallest absolute Gasteiger partial charge is 0.248 e. The summed E-state index contributed by atoms with van der Waals surface area (Å²) in [6.07, 6.45) is 1.46. The molecule has 0 fully saturated rings. The maximum atomic E-state index is 11.8. The fourth-order valence-electron chi connectivity index (χ4n) is 1.18. The lowest BCUT2D eigenvalue weighted by Crippen LogP contribution is -2.11. The number of nitrogens with zero attached hydrogens (tertiary/aromatic N) is 4. The van der Waals surface area contributed by atoms with Gasteiger partial charge in [0.15, 0.2) is 0 Å². The first-order valence-corrected chi connectivity index (χ1v) is 4.29. The summed E-state index contributed by atoms with van der Waals surface area (Å²) in [5.74, 6) is 0.262. The van der Waals surface area contributed by atoms with Crippen LogP contribution in [0.25, 0.3) is 0 Å². The van der Waals surface area contributed by atoms with Crippen LogP contribution in [0.1, 0.15) is 16.3 Å². The van der Waals surface area contributed by atoms with E-state index < -0.39 is 0 Å². The van der Waals surface area contributed by atoms with Gasteiger partial charge >= 0.3 is 0 Å². The third kappa shape index (κ3) is 1.69. The van der Waals surface area contributed by atoms with Gasteiger partial charge in [-0.2, -0.15) is 0 Å². The number of ketones is 1. The molecule has 0 atom stereocenters. The number of carbonyl (C=O) groups excluding carboxylic acids is 1. The second kappa shape index (κ2) is 3.49. The summed E-state index contributed by atoms with van der Waals surface area (Å²) in [6, 6.07) is 4.88. The Balaban J connectivity index is 2.41. The van der Waals surface area contributed by atoms with Crippen molar-refractivity contribution in [3.05, 3.63) is 36.0 Å². The molecule has 0 saturated heterocycles. The second-order valence-electron chi connectivity index (χ2n) is 3.04. The molecule has 0 unspecified atom stereocenters. The van der Waals surface area contributed by atoms with Crippen LogP contribution in [0.4, 0.5) is 5.82 Å². The van der Waals surface area contributed by atoms with Crippen molar-refractivity contribution in [1.82, 2.24) is 19.7 Å². The van der Waals surface area contributed by atoms with Gasteiger partial charge in [0.2, 0.25) is 11.6 Å². The van der Waals surface area contributed by atoms with Crippen LogP contribution >= 0.6 is 0 Å². The molecule has 0 radical (unpaired) electrons. The zero-order valence-corrected chi connectivity index (χ0v) is 8.08. The molecule has 0 aliphatic heterocycles. The maximum absolute atomic E-state index is 11.8. The normalized spacial score (nSPS) is 10.2. The molecule has 0 aliphatic rings. The lowest BCUT2D eigenvalue weighted by atomic mass is 10.2. The highest BCUT2D eigenvalue weighted by Crippen LogP contribution is 2.06. The van der Waals surface area contributed by atoms with E-state index in [1.165, 1.54) is 10.9 Å². The summed E-state index contributed by atoms with van der Waals surface area (Å²) < 4.78 is 1.53. The average Bonchev–Trinajstić information content (AvgIpc) is 2.63. The van der Waals surface area contributed by atoms with Gasteiger partial charge in [0.1, 0.15) is 17.8 Å². The summed E-state index contributed by atoms with van der Waals surface area (Å²) in [5, 5.41) is 7.33. The highest BCUT2D eigenvalue weighted by molar-refractivity contribution is 6.05. The second-order valence-corrected chi connectivity index (χ2v) is 3.04. The molecule has 0 saturated carbocycles. The number of aryl methyl sites for hydroxylation is 1. The Bertz CT molecular complexity index is 505. The third-order valence-corrected chi connectivity index (χ3v) is 1.92. The molecular weight excluding hydrogens is 194 g/mol. The van der Waals surface area contributed by atoms with E-state index in [4.69, 9.17) is 5.73 Å². The number of nitrogens with two attached hydrogens (primary N) is 1. The van der Waals surface area contributed by atoms with Gasteiger partial charge in [-0.15, -0.1) is 10.2 Å². The molecule has 6 heteroatoms. The third-order valence-electron chi connectivity index (χ3n) is 1.92. The average molecular weight is 203 g/mol. The predicted molar refractivity (Wildman–Crippen MR) is 53.1 cm³/mol. The van der Waals surface area contributed by atoms with Crippen molar-refractivity contribution in [2.75, 3.05) is 5.73 Å². The molecule has 2 N–H and O–H groups in total. The Labute approximate surface area is 85.8 Å². The molecule has 0 aliphatic carbocycles. The molecule has 2 aromatic heterocycles. The van der Waals surface area contributed by atoms with Crippen LogP contribution in [0, 0.1) is 0 Å². The Hall–Kier alpha value is -2.24. The minimum absolute atomic E-state index is 0.244. The van der Waals surface area contributed by atoms with Gasteiger partial charge in [0, 0.05) is 7.05 Å². The monoisotopic (exact) mass is 203 g/mol. The van der Waals surface area contributed by atoms with Crippen molar-refractivity contribution in [1.29, 1.82) is 0 Å². The zero-order chi connectivity index (χ0) is 10.8. The highest BCUT2D eigenvalue weighted by atomic mass is 16.1. The van der Waals surface area contributed by atoms with Crippen molar-refractivity contribution < 1.29 is 4.79 Å². The maximum Gasteiger partial charge on any atom is 0.248 e. The van der Waals surface area contributed by atoms with E-state index in [1.807, 2.05) is 0 Å². The summed E-state index contributed by atoms with van der Waals surface area (Å²) in [7, 11) is 1.69. The lowest BCUT2D eigenvalue weighted by molar-refractivity contribution is 0.102. The van der Waals surface area contributed by atoms with Gasteiger partial charge in [-0.25, -0.2) is 4.98 Å². The van der Waals surface area contributed by atoms with E-state index >= 15 is 0 Å². The molecule has 0 spiro atoms. The summed E-state index contributed by atoms with van der Waals surface area (Å²) in [5.41, 5.74) is 5.75. The van der Waals surface area contributed by atoms with E-state index in [2.05, 4.69) is 15.2 Å². The number of rotatable bonds is 2. The Morgan fingerprint density at radius 3 is 2.87 bits per heavy atom. The standard InChI is InChI=1S/C9H9N5O/c1-14-5-11-13-9(14)8(15)6-3-2-4-7(10)12-6/h2-5H,1H3,(H2,10,12). The van der Waals surface area contributed by atoms with Crippen LogP contribution in [0.3, 0.4) is 0 Å². The van der Waals surface area contributed by atoms with E-state index in [9.17, 15) is 4.79 Å². The largest absolute Gasteiger partial charge is 0.384 e. The van der Waals surface area contributed by atoms with Gasteiger partial charge in [-0.05, 0) is 12.1 Å². The number of hydrogen-bond donors (Lipinski definition) is 1. The number of hydrogen-bond acceptors (Lipinski definition) is 5. The van der Waals surface area contributed by atoms with Gasteiger partial charge in [-0.1, -0.05) is 6.07 Å². The molecule has 0 amide bonds. The SMILES string of the molecule is Cn1cnnc1C(=O)c1cccc(N)n1. The molecule has 2 heterocycles. The molecule has 0 aromatic carbocycles. The van der Waals surface area contributed by atoms with Gasteiger partial charge in [-0.3, -0.25) is 4.79 Å². The topological polar surface area (TPSA) is 86.7 Å². The lowest BCUT2D eigenvalue weighted by Gasteiger charge is -1.99. The number of anilines is 1. The molecule has 2 aromatic rings. The van der Waals surface area contributed by atoms with Crippen LogP contribution in [0.15, 0.2) is 24.5 Å². The number of carbonyl (C=O) groups is 1. The Morgan fingerprint density at radius 1 is 1.47 bits per heavy atom. The van der Waals surface area contributed by atoms with E-state index in [0.29, 0.717) is 5.82 Å². The highest BCUT2D eigenvalue weighted by Gasteiger charge is 2.15. The first-order valence-electron chi connectivity index (χ1n) is 4.29. The van der Waals surface area contributed by atoms with Gasteiger partial charge in [0.05, 0.1) is 0 Å². The summed E-state index contributed by atoms with van der Waals surface area (Å²) in [4.78, 5) is 15.8. The predicted octanol–water partition coefficient (Wildman–Crippen LogP) is 0.0233. The van der Waals surface area contributed by atoms with Crippen molar-refractivity contribution in [2.24, 2.45) is 7.05 Å². The zero-order valence-electron chi connectivity index (χ0n) is 8.08. The summed E-state index contributed by atoms with van der Waals surface area (Å²) >= 11 is 0. The van der Waals surface area contributed by atoms with Crippen LogP contribution in [-0.4, -0.2) is 25.5 Å². The molecule has 15 heavy (non-hydrogen) atoms. The number of pyridine rings is 1. The fraction of sp³-hybridized carbons (Fsp3) is 0.111. The minimum atomic E-state index is -0.290.